The van der Waals surface area contributed by atoms with Gasteiger partial charge in [-0.3, -0.25) is 9.69 Å². The van der Waals surface area contributed by atoms with Crippen molar-refractivity contribution in [1.82, 2.24) is 10.2 Å². The Morgan fingerprint density at radius 2 is 2.19 bits per heavy atom. The highest BCUT2D eigenvalue weighted by Crippen LogP contribution is 2.24. The van der Waals surface area contributed by atoms with Gasteiger partial charge in [-0.25, -0.2) is 0 Å². The van der Waals surface area contributed by atoms with E-state index < -0.39 is 0 Å². The van der Waals surface area contributed by atoms with Gasteiger partial charge < -0.3 is 10.4 Å². The van der Waals surface area contributed by atoms with Crippen molar-refractivity contribution in [2.24, 2.45) is 5.92 Å². The van der Waals surface area contributed by atoms with E-state index >= 15 is 0 Å². The molecule has 0 aromatic heterocycles. The van der Waals surface area contributed by atoms with Crippen LogP contribution < -0.4 is 5.32 Å². The van der Waals surface area contributed by atoms with Crippen molar-refractivity contribution in [2.45, 2.75) is 45.7 Å². The molecule has 16 heavy (non-hydrogen) atoms. The van der Waals surface area contributed by atoms with E-state index in [-0.39, 0.29) is 24.1 Å². The molecule has 0 radical (unpaired) electrons. The van der Waals surface area contributed by atoms with Crippen LogP contribution in [0.2, 0.25) is 0 Å². The number of aliphatic hydroxyl groups is 1. The highest BCUT2D eigenvalue weighted by atomic mass is 16.3. The topological polar surface area (TPSA) is 52.6 Å². The predicted octanol–water partition coefficient (Wildman–Crippen LogP) is 0.604. The van der Waals surface area contributed by atoms with Crippen LogP contribution in [0.25, 0.3) is 0 Å². The lowest BCUT2D eigenvalue weighted by Gasteiger charge is -2.47. The van der Waals surface area contributed by atoms with Gasteiger partial charge in [-0.1, -0.05) is 13.8 Å². The fraction of sp³-hybridized carbons (Fsp3) is 0.917. The molecule has 0 aliphatic carbocycles. The Balaban J connectivity index is 2.84. The molecule has 4 nitrogen and oxygen atoms in total. The van der Waals surface area contributed by atoms with Crippen LogP contribution in [0.15, 0.2) is 0 Å². The van der Waals surface area contributed by atoms with E-state index in [4.69, 9.17) is 5.11 Å². The molecule has 1 rings (SSSR count). The Morgan fingerprint density at radius 1 is 1.56 bits per heavy atom. The van der Waals surface area contributed by atoms with Crippen LogP contribution in [0, 0.1) is 5.92 Å². The lowest BCUT2D eigenvalue weighted by molar-refractivity contribution is -0.135. The monoisotopic (exact) mass is 228 g/mol. The van der Waals surface area contributed by atoms with Crippen LogP contribution in [0.3, 0.4) is 0 Å². The molecule has 0 spiro atoms. The Labute approximate surface area is 98.0 Å². The van der Waals surface area contributed by atoms with Crippen molar-refractivity contribution in [1.29, 1.82) is 0 Å². The first-order valence-corrected chi connectivity index (χ1v) is 6.04. The van der Waals surface area contributed by atoms with E-state index in [0.29, 0.717) is 18.9 Å². The summed E-state index contributed by atoms with van der Waals surface area (Å²) in [6.45, 7) is 10.2. The zero-order valence-corrected chi connectivity index (χ0v) is 10.8. The molecule has 0 bridgehead atoms. The number of nitrogens with one attached hydrogen (secondary N) is 1. The second kappa shape index (κ2) is 5.15. The average molecular weight is 228 g/mol. The third-order valence-electron chi connectivity index (χ3n) is 3.12. The summed E-state index contributed by atoms with van der Waals surface area (Å²) in [4.78, 5) is 14.0. The third kappa shape index (κ3) is 2.95. The van der Waals surface area contributed by atoms with Gasteiger partial charge in [-0.2, -0.15) is 0 Å². The molecule has 1 amide bonds. The van der Waals surface area contributed by atoms with Crippen LogP contribution >= 0.6 is 0 Å². The zero-order chi connectivity index (χ0) is 12.3. The second-order valence-corrected chi connectivity index (χ2v) is 5.60. The fourth-order valence-corrected chi connectivity index (χ4v) is 2.26. The van der Waals surface area contributed by atoms with Crippen LogP contribution in [0.5, 0.6) is 0 Å². The fourth-order valence-electron chi connectivity index (χ4n) is 2.26. The summed E-state index contributed by atoms with van der Waals surface area (Å²) in [5.41, 5.74) is -0.0297. The number of hydrogen-bond donors (Lipinski definition) is 2. The van der Waals surface area contributed by atoms with Gasteiger partial charge in [0.15, 0.2) is 0 Å². The molecule has 1 aliphatic rings. The molecule has 1 heterocycles. The van der Waals surface area contributed by atoms with Gasteiger partial charge in [0.1, 0.15) is 0 Å². The molecule has 1 saturated heterocycles. The minimum atomic E-state index is -0.184. The van der Waals surface area contributed by atoms with E-state index in [9.17, 15) is 4.79 Å². The maximum Gasteiger partial charge on any atom is 0.237 e. The van der Waals surface area contributed by atoms with E-state index in [0.717, 1.165) is 6.54 Å². The van der Waals surface area contributed by atoms with E-state index in [1.165, 1.54) is 0 Å². The maximum atomic E-state index is 11.8. The summed E-state index contributed by atoms with van der Waals surface area (Å²) in [7, 11) is 0. The van der Waals surface area contributed by atoms with Gasteiger partial charge >= 0.3 is 0 Å². The molecule has 1 atom stereocenters. The minimum Gasteiger partial charge on any atom is -0.396 e. The SMILES string of the molecule is CC(C)CN1C(CCO)C(=O)NCC1(C)C. The lowest BCUT2D eigenvalue weighted by atomic mass is 9.93. The summed E-state index contributed by atoms with van der Waals surface area (Å²) in [6, 6.07) is -0.184. The van der Waals surface area contributed by atoms with E-state index in [1.54, 1.807) is 0 Å². The molecule has 2 N–H and O–H groups in total. The number of carbonyl (C=O) groups excluding carboxylic acids is 1. The van der Waals surface area contributed by atoms with Crippen LogP contribution in [0.1, 0.15) is 34.1 Å². The molecule has 1 unspecified atom stereocenters. The van der Waals surface area contributed by atoms with Crippen LogP contribution in [-0.2, 0) is 4.79 Å². The Bertz CT molecular complexity index is 251. The van der Waals surface area contributed by atoms with E-state index in [1.807, 2.05) is 0 Å². The molecule has 0 aromatic rings. The zero-order valence-electron chi connectivity index (χ0n) is 10.8. The van der Waals surface area contributed by atoms with Gasteiger partial charge in [-0.15, -0.1) is 0 Å². The number of hydrogen-bond acceptors (Lipinski definition) is 3. The molecular formula is C12H24N2O2. The molecule has 0 aromatic carbocycles. The van der Waals surface area contributed by atoms with Gasteiger partial charge in [0.05, 0.1) is 6.04 Å². The summed E-state index contributed by atoms with van der Waals surface area (Å²) < 4.78 is 0. The standard InChI is InChI=1S/C12H24N2O2/c1-9(2)7-14-10(5-6-15)11(16)13-8-12(14,3)4/h9-10,15H,5-8H2,1-4H3,(H,13,16). The summed E-state index contributed by atoms with van der Waals surface area (Å²) in [6.07, 6.45) is 0.516. The van der Waals surface area contributed by atoms with Crippen LogP contribution in [-0.4, -0.2) is 47.2 Å². The van der Waals surface area contributed by atoms with Gasteiger partial charge in [-0.05, 0) is 26.2 Å². The van der Waals surface area contributed by atoms with Gasteiger partial charge in [0.2, 0.25) is 5.91 Å². The highest BCUT2D eigenvalue weighted by molar-refractivity contribution is 5.82. The molecule has 0 saturated carbocycles. The molecule has 1 fully saturated rings. The third-order valence-corrected chi connectivity index (χ3v) is 3.12. The van der Waals surface area contributed by atoms with Crippen molar-refractivity contribution < 1.29 is 9.90 Å². The smallest absolute Gasteiger partial charge is 0.237 e. The molecule has 94 valence electrons. The molecule has 1 aliphatic heterocycles. The Kier molecular flexibility index (Phi) is 4.33. The van der Waals surface area contributed by atoms with Gasteiger partial charge in [0, 0.05) is 25.2 Å². The number of piperazine rings is 1. The number of rotatable bonds is 4. The minimum absolute atomic E-state index is 0.0297. The summed E-state index contributed by atoms with van der Waals surface area (Å²) in [5, 5.41) is 12.0. The largest absolute Gasteiger partial charge is 0.396 e. The first-order chi connectivity index (χ1) is 7.38. The first-order valence-electron chi connectivity index (χ1n) is 6.04. The Morgan fingerprint density at radius 3 is 2.69 bits per heavy atom. The van der Waals surface area contributed by atoms with Crippen molar-refractivity contribution in [2.75, 3.05) is 19.7 Å². The molecule has 4 heteroatoms. The quantitative estimate of drug-likeness (QED) is 0.741. The number of amides is 1. The van der Waals surface area contributed by atoms with Crippen molar-refractivity contribution >= 4 is 5.91 Å². The number of carbonyl (C=O) groups is 1. The predicted molar refractivity (Wildman–Crippen MR) is 64.1 cm³/mol. The number of nitrogens with zero attached hydrogens (tertiary/aromatic N) is 1. The van der Waals surface area contributed by atoms with Crippen LogP contribution in [0.4, 0.5) is 0 Å². The summed E-state index contributed by atoms with van der Waals surface area (Å²) in [5.74, 6) is 0.570. The average Bonchev–Trinajstić information content (AvgIpc) is 2.17. The lowest BCUT2D eigenvalue weighted by Crippen LogP contribution is -2.66. The van der Waals surface area contributed by atoms with Crippen molar-refractivity contribution in [3.05, 3.63) is 0 Å². The second-order valence-electron chi connectivity index (χ2n) is 5.60. The number of aliphatic hydroxyl groups excluding tert-OH is 1. The van der Waals surface area contributed by atoms with Gasteiger partial charge in [0.25, 0.3) is 0 Å². The van der Waals surface area contributed by atoms with E-state index in [2.05, 4.69) is 37.9 Å². The molecular weight excluding hydrogens is 204 g/mol. The summed E-state index contributed by atoms with van der Waals surface area (Å²) >= 11 is 0. The maximum absolute atomic E-state index is 11.8. The highest BCUT2D eigenvalue weighted by Gasteiger charge is 2.40. The van der Waals surface area contributed by atoms with Crippen molar-refractivity contribution in [3.8, 4) is 0 Å². The Hall–Kier alpha value is -0.610. The van der Waals surface area contributed by atoms with Crippen molar-refractivity contribution in [3.63, 3.8) is 0 Å². The normalized spacial score (nSPS) is 25.9. The first kappa shape index (κ1) is 13.5.